The Morgan fingerprint density at radius 1 is 0.581 bits per heavy atom. The number of rotatable bonds is 37. The van der Waals surface area contributed by atoms with E-state index in [4.69, 9.17) is 18.5 Å². The molecule has 0 spiro atoms. The summed E-state index contributed by atoms with van der Waals surface area (Å²) < 4.78 is 33.4. The number of phosphoric acid groups is 1. The van der Waals surface area contributed by atoms with Gasteiger partial charge in [0.05, 0.1) is 12.7 Å². The molecule has 0 saturated heterocycles. The zero-order valence-corrected chi connectivity index (χ0v) is 38.4. The maximum Gasteiger partial charge on any atom is 0.472 e. The molecule has 62 heavy (non-hydrogen) atoms. The molecule has 0 aromatic rings. The lowest BCUT2D eigenvalue weighted by Gasteiger charge is -2.41. The van der Waals surface area contributed by atoms with Crippen molar-refractivity contribution in [3.05, 3.63) is 60.8 Å². The summed E-state index contributed by atoms with van der Waals surface area (Å²) >= 11 is 0. The molecule has 0 radical (unpaired) electrons. The zero-order chi connectivity index (χ0) is 45.9. The van der Waals surface area contributed by atoms with E-state index < -0.39 is 81.8 Å². The van der Waals surface area contributed by atoms with Gasteiger partial charge in [-0.15, -0.1) is 0 Å². The molecule has 1 rings (SSSR count). The number of carbonyl (C=O) groups excluding carboxylic acids is 2. The van der Waals surface area contributed by atoms with Crippen molar-refractivity contribution in [2.45, 2.75) is 210 Å². The Kier molecular flexibility index (Phi) is 34.2. The standard InChI is InChI=1S/C47H81O14P/c1-3-5-7-9-11-13-15-17-18-20-22-24-26-28-30-34-40(49)58-36-39(37-59-62(56,57)61-47-45(54)43(52)42(51)44(53)46(47)55)60-41(50)35-31-33-38(48)32-29-27-25-23-21-19-16-14-12-10-8-6-4-2/h12,14,17-19,21,25,27,29,32,38-39,42-48,51-55H,3-11,13,15-16,20,22-24,26,28,30-31,33-37H2,1-2H3,(H,56,57)/b14-12-,18-17-,21-19-,27-25-,32-29+/t38-,39+,42?,43-,44+,45+,46+,47?/m0/s1. The highest BCUT2D eigenvalue weighted by Crippen LogP contribution is 2.47. The molecule has 0 heterocycles. The first-order chi connectivity index (χ1) is 29.8. The van der Waals surface area contributed by atoms with Crippen LogP contribution in [0.2, 0.25) is 0 Å². The van der Waals surface area contributed by atoms with Crippen LogP contribution in [0.5, 0.6) is 0 Å². The Hall–Kier alpha value is -2.49. The quantitative estimate of drug-likeness (QED) is 0.0103. The van der Waals surface area contributed by atoms with E-state index in [1.165, 1.54) is 57.8 Å². The highest BCUT2D eigenvalue weighted by molar-refractivity contribution is 7.47. The van der Waals surface area contributed by atoms with Crippen LogP contribution in [0.4, 0.5) is 0 Å². The predicted molar refractivity (Wildman–Crippen MR) is 241 cm³/mol. The molecule has 1 aliphatic rings. The van der Waals surface area contributed by atoms with E-state index in [0.29, 0.717) is 6.42 Å². The van der Waals surface area contributed by atoms with Gasteiger partial charge < -0.3 is 45.0 Å². The monoisotopic (exact) mass is 901 g/mol. The predicted octanol–water partition coefficient (Wildman–Crippen LogP) is 7.92. The van der Waals surface area contributed by atoms with Gasteiger partial charge >= 0.3 is 19.8 Å². The Balaban J connectivity index is 2.57. The number of unbranched alkanes of at least 4 members (excludes halogenated alkanes) is 14. The maximum atomic E-state index is 12.8. The number of carbonyl (C=O) groups is 2. The molecular weight excluding hydrogens is 819 g/mol. The number of phosphoric ester groups is 1. The van der Waals surface area contributed by atoms with Crippen molar-refractivity contribution in [3.63, 3.8) is 0 Å². The van der Waals surface area contributed by atoms with Gasteiger partial charge in [-0.2, -0.15) is 0 Å². The minimum Gasteiger partial charge on any atom is -0.462 e. The lowest BCUT2D eigenvalue weighted by atomic mass is 9.85. The summed E-state index contributed by atoms with van der Waals surface area (Å²) in [6.45, 7) is 3.08. The second-order valence-corrected chi connectivity index (χ2v) is 17.5. The zero-order valence-electron chi connectivity index (χ0n) is 37.5. The van der Waals surface area contributed by atoms with Crippen molar-refractivity contribution in [2.24, 2.45) is 0 Å². The summed E-state index contributed by atoms with van der Waals surface area (Å²) in [6, 6.07) is 0. The smallest absolute Gasteiger partial charge is 0.462 e. The summed E-state index contributed by atoms with van der Waals surface area (Å²) in [4.78, 5) is 35.7. The average Bonchev–Trinajstić information content (AvgIpc) is 3.25. The van der Waals surface area contributed by atoms with Gasteiger partial charge in [0.2, 0.25) is 0 Å². The fourth-order valence-corrected chi connectivity index (χ4v) is 7.59. The van der Waals surface area contributed by atoms with Gasteiger partial charge in [0.15, 0.2) is 6.10 Å². The second kappa shape index (κ2) is 36.8. The van der Waals surface area contributed by atoms with Gasteiger partial charge in [-0.1, -0.05) is 139 Å². The molecule has 0 aromatic heterocycles. The molecule has 14 nitrogen and oxygen atoms in total. The Bertz CT molecular complexity index is 1330. The Labute approximate surface area is 371 Å². The minimum atomic E-state index is -5.18. The summed E-state index contributed by atoms with van der Waals surface area (Å²) in [5, 5.41) is 60.5. The van der Waals surface area contributed by atoms with E-state index in [9.17, 15) is 49.7 Å². The van der Waals surface area contributed by atoms with Gasteiger partial charge in [-0.3, -0.25) is 18.6 Å². The van der Waals surface area contributed by atoms with Crippen LogP contribution in [-0.2, 0) is 32.7 Å². The van der Waals surface area contributed by atoms with Gasteiger partial charge in [0.1, 0.15) is 43.2 Å². The molecule has 0 aromatic carbocycles. The molecule has 1 fully saturated rings. The third-order valence-corrected chi connectivity index (χ3v) is 11.4. The van der Waals surface area contributed by atoms with Crippen LogP contribution in [0.1, 0.15) is 162 Å². The average molecular weight is 901 g/mol. The highest BCUT2D eigenvalue weighted by Gasteiger charge is 2.51. The van der Waals surface area contributed by atoms with Crippen molar-refractivity contribution in [1.29, 1.82) is 0 Å². The molecule has 0 bridgehead atoms. The Morgan fingerprint density at radius 2 is 1.06 bits per heavy atom. The largest absolute Gasteiger partial charge is 0.472 e. The van der Waals surface area contributed by atoms with Gasteiger partial charge in [0, 0.05) is 12.8 Å². The van der Waals surface area contributed by atoms with Crippen LogP contribution in [-0.4, -0.2) is 110 Å². The summed E-state index contributed by atoms with van der Waals surface area (Å²) in [7, 11) is -5.18. The van der Waals surface area contributed by atoms with E-state index in [2.05, 4.69) is 50.3 Å². The molecule has 3 unspecified atom stereocenters. The number of hydrogen-bond acceptors (Lipinski definition) is 13. The van der Waals surface area contributed by atoms with Gasteiger partial charge in [-0.05, 0) is 70.6 Å². The molecule has 0 aliphatic heterocycles. The fourth-order valence-electron chi connectivity index (χ4n) is 6.62. The van der Waals surface area contributed by atoms with Crippen molar-refractivity contribution in [3.8, 4) is 0 Å². The molecule has 358 valence electrons. The van der Waals surface area contributed by atoms with Crippen LogP contribution in [0.15, 0.2) is 60.8 Å². The fraction of sp³-hybridized carbons (Fsp3) is 0.745. The molecule has 15 heteroatoms. The number of aliphatic hydroxyl groups excluding tert-OH is 6. The van der Waals surface area contributed by atoms with Crippen LogP contribution < -0.4 is 0 Å². The van der Waals surface area contributed by atoms with E-state index in [-0.39, 0.29) is 25.7 Å². The normalized spacial score (nSPS) is 22.9. The molecule has 1 aliphatic carbocycles. The molecule has 0 amide bonds. The third-order valence-electron chi connectivity index (χ3n) is 10.4. The summed E-state index contributed by atoms with van der Waals surface area (Å²) in [5.41, 5.74) is 0. The van der Waals surface area contributed by atoms with Crippen molar-refractivity contribution in [1.82, 2.24) is 0 Å². The number of ether oxygens (including phenoxy) is 2. The number of hydrogen-bond donors (Lipinski definition) is 7. The summed E-state index contributed by atoms with van der Waals surface area (Å²) in [6.07, 6.45) is 27.2. The van der Waals surface area contributed by atoms with Crippen LogP contribution in [0.25, 0.3) is 0 Å². The van der Waals surface area contributed by atoms with Crippen molar-refractivity contribution >= 4 is 19.8 Å². The van der Waals surface area contributed by atoms with Crippen molar-refractivity contribution < 1.29 is 68.2 Å². The molecule has 9 atom stereocenters. The first kappa shape index (κ1) is 57.5. The number of esters is 2. The molecular formula is C47H81O14P. The second-order valence-electron chi connectivity index (χ2n) is 16.1. The van der Waals surface area contributed by atoms with Crippen LogP contribution >= 0.6 is 7.82 Å². The van der Waals surface area contributed by atoms with Crippen LogP contribution in [0.3, 0.4) is 0 Å². The maximum absolute atomic E-state index is 12.8. The van der Waals surface area contributed by atoms with E-state index in [1.807, 2.05) is 12.2 Å². The van der Waals surface area contributed by atoms with E-state index in [0.717, 1.165) is 57.8 Å². The van der Waals surface area contributed by atoms with E-state index in [1.54, 1.807) is 12.2 Å². The first-order valence-electron chi connectivity index (χ1n) is 23.2. The topological polar surface area (TPSA) is 230 Å². The van der Waals surface area contributed by atoms with Gasteiger partial charge in [0.25, 0.3) is 0 Å². The number of aliphatic hydroxyl groups is 6. The first-order valence-corrected chi connectivity index (χ1v) is 24.7. The van der Waals surface area contributed by atoms with E-state index >= 15 is 0 Å². The van der Waals surface area contributed by atoms with Crippen molar-refractivity contribution in [2.75, 3.05) is 13.2 Å². The van der Waals surface area contributed by atoms with Crippen LogP contribution in [0, 0.1) is 0 Å². The molecule has 1 saturated carbocycles. The minimum absolute atomic E-state index is 0.114. The molecule has 7 N–H and O–H groups in total. The summed E-state index contributed by atoms with van der Waals surface area (Å²) in [5.74, 6) is -1.31. The lowest BCUT2D eigenvalue weighted by molar-refractivity contribution is -0.220. The lowest BCUT2D eigenvalue weighted by Crippen LogP contribution is -2.64. The number of allylic oxidation sites excluding steroid dienone is 9. The highest BCUT2D eigenvalue weighted by atomic mass is 31.2. The van der Waals surface area contributed by atoms with Gasteiger partial charge in [-0.25, -0.2) is 4.57 Å². The Morgan fingerprint density at radius 3 is 1.69 bits per heavy atom. The SMILES string of the molecule is CCCCC/C=C\C/C=C\C/C=C\C=C\[C@H](O)CCCC(=O)O[C@H](COC(=O)CCCCCCC/C=C\CCCCCCCC)COP(=O)(O)OC1[C@H](O)[C@H](O)C(O)[C@H](O)[C@H]1O. The third kappa shape index (κ3) is 29.1.